The Bertz CT molecular complexity index is 516. The molecule has 0 aliphatic heterocycles. The lowest BCUT2D eigenvalue weighted by atomic mass is 10.2. The van der Waals surface area contributed by atoms with E-state index in [1.807, 2.05) is 0 Å². The molecule has 0 bridgehead atoms. The summed E-state index contributed by atoms with van der Waals surface area (Å²) in [6.45, 7) is 5.51. The number of fused-ring (bicyclic) bond motifs is 1. The molecule has 90 valence electrons. The fraction of sp³-hybridized carbons (Fsp3) is 0.357. The molecule has 1 aromatic heterocycles. The standard InChI is InChI=1S/C14H18N2O/c1-11(15-7-8-17)10-16-12(2)9-13-5-3-4-6-14(13)16/h3-6,8-9,11,15H,7,10H2,1-2H3/t11-/m0/s1. The Hall–Kier alpha value is -1.61. The molecule has 0 amide bonds. The summed E-state index contributed by atoms with van der Waals surface area (Å²) in [7, 11) is 0. The number of hydrogen-bond acceptors (Lipinski definition) is 2. The molecular formula is C14H18N2O. The monoisotopic (exact) mass is 230 g/mol. The number of aryl methyl sites for hydroxylation is 1. The highest BCUT2D eigenvalue weighted by Gasteiger charge is 2.08. The first-order valence-electron chi connectivity index (χ1n) is 5.94. The van der Waals surface area contributed by atoms with Crippen LogP contribution in [0.3, 0.4) is 0 Å². The number of para-hydroxylation sites is 1. The van der Waals surface area contributed by atoms with E-state index < -0.39 is 0 Å². The van der Waals surface area contributed by atoms with E-state index in [4.69, 9.17) is 0 Å². The van der Waals surface area contributed by atoms with E-state index in [0.717, 1.165) is 12.8 Å². The van der Waals surface area contributed by atoms with Crippen molar-refractivity contribution in [2.24, 2.45) is 0 Å². The van der Waals surface area contributed by atoms with Crippen LogP contribution in [0, 0.1) is 6.92 Å². The van der Waals surface area contributed by atoms with Crippen molar-refractivity contribution >= 4 is 17.2 Å². The summed E-state index contributed by atoms with van der Waals surface area (Å²) in [6, 6.07) is 10.9. The maximum Gasteiger partial charge on any atom is 0.133 e. The van der Waals surface area contributed by atoms with Gasteiger partial charge in [0, 0.05) is 23.8 Å². The SMILES string of the molecule is Cc1cc2ccccc2n1C[C@H](C)NCC=O. The number of hydrogen-bond donors (Lipinski definition) is 1. The summed E-state index contributed by atoms with van der Waals surface area (Å²) >= 11 is 0. The van der Waals surface area contributed by atoms with Gasteiger partial charge in [-0.15, -0.1) is 0 Å². The molecule has 0 aliphatic rings. The van der Waals surface area contributed by atoms with E-state index in [-0.39, 0.29) is 6.04 Å². The van der Waals surface area contributed by atoms with E-state index in [9.17, 15) is 4.79 Å². The van der Waals surface area contributed by atoms with Crippen LogP contribution >= 0.6 is 0 Å². The highest BCUT2D eigenvalue weighted by atomic mass is 16.1. The van der Waals surface area contributed by atoms with Crippen LogP contribution in [0.25, 0.3) is 10.9 Å². The minimum atomic E-state index is 0.287. The van der Waals surface area contributed by atoms with Gasteiger partial charge in [-0.25, -0.2) is 0 Å². The minimum Gasteiger partial charge on any atom is -0.343 e. The average molecular weight is 230 g/mol. The van der Waals surface area contributed by atoms with Gasteiger partial charge >= 0.3 is 0 Å². The van der Waals surface area contributed by atoms with E-state index in [1.54, 1.807) is 0 Å². The molecule has 3 nitrogen and oxygen atoms in total. The number of carbonyl (C=O) groups is 1. The van der Waals surface area contributed by atoms with Gasteiger partial charge in [-0.2, -0.15) is 0 Å². The first-order chi connectivity index (χ1) is 8.22. The molecule has 1 N–H and O–H groups in total. The van der Waals surface area contributed by atoms with Gasteiger partial charge in [0.2, 0.25) is 0 Å². The molecule has 1 aromatic carbocycles. The number of aromatic nitrogens is 1. The predicted molar refractivity (Wildman–Crippen MR) is 70.2 cm³/mol. The molecule has 0 saturated heterocycles. The Morgan fingerprint density at radius 3 is 2.94 bits per heavy atom. The molecule has 0 fully saturated rings. The van der Waals surface area contributed by atoms with Crippen molar-refractivity contribution in [3.8, 4) is 0 Å². The van der Waals surface area contributed by atoms with Gasteiger partial charge < -0.3 is 14.7 Å². The zero-order valence-corrected chi connectivity index (χ0v) is 10.3. The third-order valence-corrected chi connectivity index (χ3v) is 3.02. The zero-order chi connectivity index (χ0) is 12.3. The predicted octanol–water partition coefficient (Wildman–Crippen LogP) is 2.13. The van der Waals surface area contributed by atoms with Crippen molar-refractivity contribution < 1.29 is 4.79 Å². The Balaban J connectivity index is 2.22. The van der Waals surface area contributed by atoms with Crippen molar-refractivity contribution in [2.75, 3.05) is 6.54 Å². The smallest absolute Gasteiger partial charge is 0.133 e. The molecule has 2 aromatic rings. The second-order valence-electron chi connectivity index (χ2n) is 4.43. The molecule has 0 aliphatic carbocycles. The van der Waals surface area contributed by atoms with Gasteiger partial charge in [-0.1, -0.05) is 18.2 Å². The summed E-state index contributed by atoms with van der Waals surface area (Å²) in [5.74, 6) is 0. The van der Waals surface area contributed by atoms with Gasteiger partial charge in [-0.3, -0.25) is 0 Å². The Labute approximate surface area is 101 Å². The molecule has 0 unspecified atom stereocenters. The van der Waals surface area contributed by atoms with E-state index in [1.165, 1.54) is 16.6 Å². The van der Waals surface area contributed by atoms with Crippen LogP contribution in [0.2, 0.25) is 0 Å². The molecular weight excluding hydrogens is 212 g/mol. The maximum absolute atomic E-state index is 10.3. The van der Waals surface area contributed by atoms with E-state index >= 15 is 0 Å². The summed E-state index contributed by atoms with van der Waals surface area (Å²) in [4.78, 5) is 10.3. The number of carbonyl (C=O) groups excluding carboxylic acids is 1. The first kappa shape index (κ1) is 11.9. The van der Waals surface area contributed by atoms with Crippen molar-refractivity contribution in [3.05, 3.63) is 36.0 Å². The Morgan fingerprint density at radius 2 is 2.18 bits per heavy atom. The van der Waals surface area contributed by atoms with Crippen LogP contribution < -0.4 is 5.32 Å². The molecule has 3 heteroatoms. The van der Waals surface area contributed by atoms with Crippen molar-refractivity contribution in [3.63, 3.8) is 0 Å². The van der Waals surface area contributed by atoms with Gasteiger partial charge in [0.15, 0.2) is 0 Å². The first-order valence-corrected chi connectivity index (χ1v) is 5.94. The summed E-state index contributed by atoms with van der Waals surface area (Å²) < 4.78 is 2.29. The lowest BCUT2D eigenvalue weighted by molar-refractivity contribution is -0.107. The average Bonchev–Trinajstić information content (AvgIpc) is 2.64. The number of aldehydes is 1. The Morgan fingerprint density at radius 1 is 1.41 bits per heavy atom. The van der Waals surface area contributed by atoms with Crippen molar-refractivity contribution in [1.29, 1.82) is 0 Å². The fourth-order valence-corrected chi connectivity index (χ4v) is 2.18. The van der Waals surface area contributed by atoms with Crippen LogP contribution in [0.15, 0.2) is 30.3 Å². The fourth-order valence-electron chi connectivity index (χ4n) is 2.18. The molecule has 17 heavy (non-hydrogen) atoms. The number of rotatable bonds is 5. The molecule has 2 rings (SSSR count). The number of nitrogens with zero attached hydrogens (tertiary/aromatic N) is 1. The minimum absolute atomic E-state index is 0.287. The summed E-state index contributed by atoms with van der Waals surface area (Å²) in [5, 5.41) is 4.44. The summed E-state index contributed by atoms with van der Waals surface area (Å²) in [6.07, 6.45) is 0.900. The van der Waals surface area contributed by atoms with Crippen LogP contribution in [-0.4, -0.2) is 23.4 Å². The molecule has 0 spiro atoms. The number of nitrogens with one attached hydrogen (secondary N) is 1. The van der Waals surface area contributed by atoms with Crippen LogP contribution in [-0.2, 0) is 11.3 Å². The Kier molecular flexibility index (Phi) is 3.59. The maximum atomic E-state index is 10.3. The third kappa shape index (κ3) is 2.56. The van der Waals surface area contributed by atoms with Gasteiger partial charge in [-0.05, 0) is 31.4 Å². The van der Waals surface area contributed by atoms with E-state index in [2.05, 4.69) is 54.1 Å². The van der Waals surface area contributed by atoms with Crippen molar-refractivity contribution in [1.82, 2.24) is 9.88 Å². The molecule has 0 saturated carbocycles. The molecule has 0 radical (unpaired) electrons. The van der Waals surface area contributed by atoms with Crippen molar-refractivity contribution in [2.45, 2.75) is 26.4 Å². The molecule has 1 atom stereocenters. The topological polar surface area (TPSA) is 34.0 Å². The largest absolute Gasteiger partial charge is 0.343 e. The summed E-state index contributed by atoms with van der Waals surface area (Å²) in [5.41, 5.74) is 2.51. The van der Waals surface area contributed by atoms with Gasteiger partial charge in [0.25, 0.3) is 0 Å². The second kappa shape index (κ2) is 5.15. The van der Waals surface area contributed by atoms with Gasteiger partial charge in [0.05, 0.1) is 6.54 Å². The van der Waals surface area contributed by atoms with Crippen LogP contribution in [0.1, 0.15) is 12.6 Å². The van der Waals surface area contributed by atoms with Crippen LogP contribution in [0.4, 0.5) is 0 Å². The third-order valence-electron chi connectivity index (χ3n) is 3.02. The highest BCUT2D eigenvalue weighted by Crippen LogP contribution is 2.19. The second-order valence-corrected chi connectivity index (χ2v) is 4.43. The van der Waals surface area contributed by atoms with Gasteiger partial charge in [0.1, 0.15) is 6.29 Å². The van der Waals surface area contributed by atoms with E-state index in [0.29, 0.717) is 6.54 Å². The zero-order valence-electron chi connectivity index (χ0n) is 10.3. The lowest BCUT2D eigenvalue weighted by Gasteiger charge is -2.15. The normalized spacial score (nSPS) is 12.8. The lowest BCUT2D eigenvalue weighted by Crippen LogP contribution is -2.31. The van der Waals surface area contributed by atoms with Crippen LogP contribution in [0.5, 0.6) is 0 Å². The molecule has 1 heterocycles. The number of benzene rings is 1. The quantitative estimate of drug-likeness (QED) is 0.798. The highest BCUT2D eigenvalue weighted by molar-refractivity contribution is 5.81.